The van der Waals surface area contributed by atoms with E-state index < -0.39 is 19.8 Å². The highest BCUT2D eigenvalue weighted by molar-refractivity contribution is 6.76. The van der Waals surface area contributed by atoms with Gasteiger partial charge >= 0.3 is 12.2 Å². The quantitative estimate of drug-likeness (QED) is 0.177. The molecule has 2 amide bonds. The molecule has 0 radical (unpaired) electrons. The summed E-state index contributed by atoms with van der Waals surface area (Å²) in [5.74, 6) is 2.20. The Morgan fingerprint density at radius 3 is 2.36 bits per heavy atom. The van der Waals surface area contributed by atoms with E-state index in [1.54, 1.807) is 19.1 Å². The summed E-state index contributed by atoms with van der Waals surface area (Å²) in [6, 6.07) is 6.80. The van der Waals surface area contributed by atoms with E-state index in [1.807, 2.05) is 26.8 Å². The van der Waals surface area contributed by atoms with Gasteiger partial charge in [-0.25, -0.2) is 9.59 Å². The molecule has 0 aliphatic carbocycles. The molecule has 1 aromatic rings. The molecule has 0 aromatic heterocycles. The minimum atomic E-state index is -1.32. The fraction of sp³-hybridized carbons (Fsp3) is 0.750. The van der Waals surface area contributed by atoms with Crippen LogP contribution in [0.15, 0.2) is 18.2 Å². The Morgan fingerprint density at radius 2 is 1.76 bits per heavy atom. The zero-order chi connectivity index (χ0) is 31.5. The predicted molar refractivity (Wildman–Crippen MR) is 169 cm³/mol. The number of benzene rings is 1. The Balaban J connectivity index is 2.17. The third-order valence-corrected chi connectivity index (χ3v) is 9.21. The highest BCUT2D eigenvalue weighted by Crippen LogP contribution is 2.34. The first-order valence-electron chi connectivity index (χ1n) is 15.3. The maximum atomic E-state index is 13.0. The lowest BCUT2D eigenvalue weighted by molar-refractivity contribution is 0.0283. The Kier molecular flexibility index (Phi) is 14.0. The van der Waals surface area contributed by atoms with Gasteiger partial charge in [-0.15, -0.1) is 0 Å². The second kappa shape index (κ2) is 16.4. The summed E-state index contributed by atoms with van der Waals surface area (Å²) >= 11 is 0. The Bertz CT molecular complexity index is 990. The molecule has 2 rings (SSSR count). The number of ether oxygens (including phenoxy) is 5. The van der Waals surface area contributed by atoms with Gasteiger partial charge in [0.25, 0.3) is 0 Å². The van der Waals surface area contributed by atoms with Crippen molar-refractivity contribution in [2.24, 2.45) is 17.8 Å². The van der Waals surface area contributed by atoms with Crippen molar-refractivity contribution in [2.45, 2.75) is 91.2 Å². The van der Waals surface area contributed by atoms with E-state index in [1.165, 1.54) is 0 Å². The van der Waals surface area contributed by atoms with E-state index in [0.717, 1.165) is 36.6 Å². The van der Waals surface area contributed by atoms with E-state index in [4.69, 9.17) is 23.7 Å². The molecule has 3 atom stereocenters. The van der Waals surface area contributed by atoms with Gasteiger partial charge in [0.15, 0.2) is 11.5 Å². The van der Waals surface area contributed by atoms with Crippen LogP contribution >= 0.6 is 0 Å². The highest BCUT2D eigenvalue weighted by Gasteiger charge is 2.39. The highest BCUT2D eigenvalue weighted by atomic mass is 28.3. The largest absolute Gasteiger partial charge is 0.493 e. The number of carbonyl (C=O) groups is 2. The van der Waals surface area contributed by atoms with E-state index in [2.05, 4.69) is 50.9 Å². The third-order valence-electron chi connectivity index (χ3n) is 7.51. The fourth-order valence-corrected chi connectivity index (χ4v) is 5.74. The first-order valence-corrected chi connectivity index (χ1v) is 19.0. The summed E-state index contributed by atoms with van der Waals surface area (Å²) in [4.78, 5) is 27.5. The normalized spacial score (nSPS) is 18.1. The SMILES string of the molecule is COCCCOc1cc(C[C@@H](C[C@@H]2CN(C(=O)OC(C)(C)C)C[C@H]2NC(=O)OCC[Si](C)(C)C)C(C)C)ccc1OC. The molecule has 10 heteroatoms. The molecule has 1 aromatic carbocycles. The van der Waals surface area contributed by atoms with Crippen molar-refractivity contribution in [1.29, 1.82) is 0 Å². The van der Waals surface area contributed by atoms with Crippen molar-refractivity contribution < 1.29 is 33.3 Å². The van der Waals surface area contributed by atoms with Crippen LogP contribution in [0.5, 0.6) is 11.5 Å². The van der Waals surface area contributed by atoms with E-state index in [0.29, 0.717) is 50.5 Å². The molecule has 0 saturated carbocycles. The first kappa shape index (κ1) is 35.7. The summed E-state index contributed by atoms with van der Waals surface area (Å²) in [6.45, 7) is 19.3. The standard InChI is InChI=1S/C32H56N2O7Si/c1-23(2)25(18-24-12-13-28(38-7)29(19-24)39-15-11-14-37-6)20-26-21-34(31(36)41-32(3,4)5)22-27(26)33-30(35)40-16-17-42(8,9)10/h12-13,19,23,25-27H,11,14-18,20-22H2,1-10H3,(H,33,35)/t25-,26+,27+/m0/s1. The van der Waals surface area contributed by atoms with Gasteiger partial charge in [-0.05, 0) is 75.1 Å². The summed E-state index contributed by atoms with van der Waals surface area (Å²) in [7, 11) is 2.01. The van der Waals surface area contributed by atoms with Crippen LogP contribution in [0.3, 0.4) is 0 Å². The molecule has 9 nitrogen and oxygen atoms in total. The number of rotatable bonds is 15. The number of hydrogen-bond donors (Lipinski definition) is 1. The molecule has 1 N–H and O–H groups in total. The molecule has 0 bridgehead atoms. The number of likely N-dealkylation sites (tertiary alicyclic amines) is 1. The Hall–Kier alpha value is -2.46. The lowest BCUT2D eigenvalue weighted by atomic mass is 9.80. The van der Waals surface area contributed by atoms with E-state index >= 15 is 0 Å². The van der Waals surface area contributed by atoms with Crippen LogP contribution < -0.4 is 14.8 Å². The van der Waals surface area contributed by atoms with Crippen molar-refractivity contribution in [3.63, 3.8) is 0 Å². The van der Waals surface area contributed by atoms with Gasteiger partial charge in [0.05, 0.1) is 26.4 Å². The second-order valence-electron chi connectivity index (χ2n) is 14.0. The van der Waals surface area contributed by atoms with Crippen LogP contribution in [-0.4, -0.2) is 83.9 Å². The molecular weight excluding hydrogens is 552 g/mol. The molecule has 0 spiro atoms. The number of amides is 2. The van der Waals surface area contributed by atoms with Gasteiger partial charge in [0, 0.05) is 41.3 Å². The average molecular weight is 609 g/mol. The molecule has 1 fully saturated rings. The van der Waals surface area contributed by atoms with Gasteiger partial charge in [0.2, 0.25) is 0 Å². The number of hydrogen-bond acceptors (Lipinski definition) is 7. The zero-order valence-corrected chi connectivity index (χ0v) is 28.7. The van der Waals surface area contributed by atoms with Crippen LogP contribution in [0.4, 0.5) is 9.59 Å². The van der Waals surface area contributed by atoms with Crippen molar-refractivity contribution in [2.75, 3.05) is 47.1 Å². The van der Waals surface area contributed by atoms with E-state index in [-0.39, 0.29) is 18.1 Å². The lowest BCUT2D eigenvalue weighted by Gasteiger charge is -2.28. The van der Waals surface area contributed by atoms with Crippen LogP contribution in [0.1, 0.15) is 53.0 Å². The van der Waals surface area contributed by atoms with Crippen LogP contribution in [0, 0.1) is 17.8 Å². The van der Waals surface area contributed by atoms with Gasteiger partial charge in [-0.3, -0.25) is 0 Å². The molecule has 1 aliphatic heterocycles. The second-order valence-corrected chi connectivity index (χ2v) is 19.6. The van der Waals surface area contributed by atoms with Gasteiger partial charge in [-0.1, -0.05) is 39.6 Å². The molecular formula is C32H56N2O7Si. The van der Waals surface area contributed by atoms with Crippen molar-refractivity contribution in [1.82, 2.24) is 10.2 Å². The van der Waals surface area contributed by atoms with Crippen molar-refractivity contribution in [3.8, 4) is 11.5 Å². The zero-order valence-electron chi connectivity index (χ0n) is 27.7. The summed E-state index contributed by atoms with van der Waals surface area (Å²) in [5, 5.41) is 3.09. The number of nitrogens with one attached hydrogen (secondary N) is 1. The molecule has 1 saturated heterocycles. The first-order chi connectivity index (χ1) is 19.6. The number of methoxy groups -OCH3 is 2. The van der Waals surface area contributed by atoms with Gasteiger partial charge in [0.1, 0.15) is 5.60 Å². The summed E-state index contributed by atoms with van der Waals surface area (Å²) in [5.41, 5.74) is 0.569. The molecule has 1 heterocycles. The summed E-state index contributed by atoms with van der Waals surface area (Å²) in [6.07, 6.45) is 1.71. The van der Waals surface area contributed by atoms with Crippen LogP contribution in [0.25, 0.3) is 0 Å². The minimum Gasteiger partial charge on any atom is -0.493 e. The number of carbonyl (C=O) groups excluding carboxylic acids is 2. The number of nitrogens with zero attached hydrogens (tertiary/aromatic N) is 1. The van der Waals surface area contributed by atoms with Crippen LogP contribution in [0.2, 0.25) is 25.7 Å². The maximum Gasteiger partial charge on any atom is 0.410 e. The topological polar surface area (TPSA) is 95.6 Å². The van der Waals surface area contributed by atoms with Crippen molar-refractivity contribution >= 4 is 20.3 Å². The third kappa shape index (κ3) is 12.8. The molecule has 1 aliphatic rings. The van der Waals surface area contributed by atoms with Gasteiger partial charge < -0.3 is 33.9 Å². The lowest BCUT2D eigenvalue weighted by Crippen LogP contribution is -2.42. The molecule has 240 valence electrons. The monoisotopic (exact) mass is 608 g/mol. The minimum absolute atomic E-state index is 0.0671. The maximum absolute atomic E-state index is 13.0. The number of alkyl carbamates (subject to hydrolysis) is 1. The smallest absolute Gasteiger partial charge is 0.410 e. The predicted octanol–water partition coefficient (Wildman–Crippen LogP) is 6.62. The Labute approximate surface area is 254 Å². The van der Waals surface area contributed by atoms with E-state index in [9.17, 15) is 9.59 Å². The molecule has 0 unspecified atom stereocenters. The average Bonchev–Trinajstić information content (AvgIpc) is 3.26. The fourth-order valence-electron chi connectivity index (χ4n) is 5.02. The van der Waals surface area contributed by atoms with Gasteiger partial charge in [-0.2, -0.15) is 0 Å². The summed E-state index contributed by atoms with van der Waals surface area (Å²) < 4.78 is 27.9. The van der Waals surface area contributed by atoms with Crippen LogP contribution in [-0.2, 0) is 20.6 Å². The molecule has 42 heavy (non-hydrogen) atoms. The van der Waals surface area contributed by atoms with Crippen molar-refractivity contribution in [3.05, 3.63) is 23.8 Å². The Morgan fingerprint density at radius 1 is 1.05 bits per heavy atom.